The monoisotopic (exact) mass is 542 g/mol. The van der Waals surface area contributed by atoms with Crippen LogP contribution in [0.2, 0.25) is 0 Å². The highest BCUT2D eigenvalue weighted by atomic mass is 35.5. The third-order valence-electron chi connectivity index (χ3n) is 7.03. The highest BCUT2D eigenvalue weighted by Gasteiger charge is 2.33. The van der Waals surface area contributed by atoms with Crippen LogP contribution in [0, 0.1) is 0 Å². The Morgan fingerprint density at radius 3 is 1.84 bits per heavy atom. The normalized spacial score (nSPS) is 15.4. The minimum absolute atomic E-state index is 0. The number of aryl methyl sites for hydroxylation is 1. The van der Waals surface area contributed by atoms with Crippen molar-refractivity contribution in [2.45, 2.75) is 25.2 Å². The van der Waals surface area contributed by atoms with Gasteiger partial charge in [0.25, 0.3) is 0 Å². The summed E-state index contributed by atoms with van der Waals surface area (Å²) >= 11 is 0. The van der Waals surface area contributed by atoms with E-state index < -0.39 is 5.92 Å². The standard InChI is InChI=1S/C30H34N2O3.2ClH/c33-30(29-25-13-4-6-15-27(25)35-28-16-7-5-14-26(28)29)34-23-9-18-32-21-19-31(20-22-32)17-8-12-24-10-2-1-3-11-24;;/h1-7,10-11,13-16,29H,8-9,12,17-23H2;2*1H. The largest absolute Gasteiger partial charge is 0.465 e. The van der Waals surface area contributed by atoms with Crippen LogP contribution in [-0.4, -0.2) is 61.6 Å². The minimum atomic E-state index is -0.435. The fourth-order valence-corrected chi connectivity index (χ4v) is 5.10. The lowest BCUT2D eigenvalue weighted by molar-refractivity contribution is -0.144. The van der Waals surface area contributed by atoms with E-state index in [1.807, 2.05) is 48.5 Å². The summed E-state index contributed by atoms with van der Waals surface area (Å²) in [6.07, 6.45) is 3.21. The first kappa shape index (κ1) is 29.0. The summed E-state index contributed by atoms with van der Waals surface area (Å²) in [5, 5.41) is 0. The van der Waals surface area contributed by atoms with E-state index in [9.17, 15) is 4.79 Å². The van der Waals surface area contributed by atoms with Crippen molar-refractivity contribution in [1.29, 1.82) is 0 Å². The highest BCUT2D eigenvalue weighted by Crippen LogP contribution is 2.44. The van der Waals surface area contributed by atoms with Gasteiger partial charge < -0.3 is 19.3 Å². The molecule has 198 valence electrons. The van der Waals surface area contributed by atoms with Gasteiger partial charge in [-0.3, -0.25) is 4.79 Å². The number of nitrogens with zero attached hydrogens (tertiary/aromatic N) is 2. The molecule has 0 N–H and O–H groups in total. The summed E-state index contributed by atoms with van der Waals surface area (Å²) in [5.41, 5.74) is 3.17. The molecule has 2 heterocycles. The summed E-state index contributed by atoms with van der Waals surface area (Å²) in [6.45, 7) is 6.97. The topological polar surface area (TPSA) is 42.0 Å². The fourth-order valence-electron chi connectivity index (χ4n) is 5.10. The van der Waals surface area contributed by atoms with Crippen molar-refractivity contribution in [3.8, 4) is 11.5 Å². The quantitative estimate of drug-likeness (QED) is 0.247. The second kappa shape index (κ2) is 14.4. The number of fused-ring (bicyclic) bond motifs is 2. The molecule has 3 aromatic rings. The second-order valence-corrected chi connectivity index (χ2v) is 9.40. The Morgan fingerprint density at radius 1 is 0.730 bits per heavy atom. The summed E-state index contributed by atoms with van der Waals surface area (Å²) in [7, 11) is 0. The molecule has 0 aliphatic carbocycles. The van der Waals surface area contributed by atoms with E-state index in [4.69, 9.17) is 9.47 Å². The van der Waals surface area contributed by atoms with Crippen LogP contribution in [0.15, 0.2) is 78.9 Å². The molecule has 0 radical (unpaired) electrons. The van der Waals surface area contributed by atoms with Gasteiger partial charge in [0, 0.05) is 43.9 Å². The van der Waals surface area contributed by atoms with Crippen LogP contribution < -0.4 is 4.74 Å². The van der Waals surface area contributed by atoms with Crippen LogP contribution >= 0.6 is 24.8 Å². The molecule has 1 saturated heterocycles. The van der Waals surface area contributed by atoms with Gasteiger partial charge in [0.05, 0.1) is 6.61 Å². The molecule has 7 heteroatoms. The van der Waals surface area contributed by atoms with Gasteiger partial charge in [-0.25, -0.2) is 0 Å². The first-order valence-corrected chi connectivity index (χ1v) is 12.8. The van der Waals surface area contributed by atoms with E-state index >= 15 is 0 Å². The van der Waals surface area contributed by atoms with Crippen molar-refractivity contribution in [2.24, 2.45) is 0 Å². The van der Waals surface area contributed by atoms with Crippen LogP contribution in [0.3, 0.4) is 0 Å². The Kier molecular flexibility index (Phi) is 11.3. The number of piperazine rings is 1. The van der Waals surface area contributed by atoms with Crippen molar-refractivity contribution < 1.29 is 14.3 Å². The number of hydrogen-bond donors (Lipinski definition) is 0. The molecule has 1 fully saturated rings. The van der Waals surface area contributed by atoms with Crippen molar-refractivity contribution in [1.82, 2.24) is 9.80 Å². The molecular formula is C30H36Cl2N2O3. The van der Waals surface area contributed by atoms with E-state index in [1.165, 1.54) is 12.0 Å². The predicted molar refractivity (Wildman–Crippen MR) is 153 cm³/mol. The van der Waals surface area contributed by atoms with Gasteiger partial charge in [-0.15, -0.1) is 24.8 Å². The molecule has 0 spiro atoms. The molecule has 2 aliphatic rings. The van der Waals surface area contributed by atoms with E-state index in [0.29, 0.717) is 6.61 Å². The van der Waals surface area contributed by atoms with Gasteiger partial charge in [-0.05, 0) is 43.5 Å². The fraction of sp³-hybridized carbons (Fsp3) is 0.367. The van der Waals surface area contributed by atoms with Gasteiger partial charge >= 0.3 is 5.97 Å². The number of carbonyl (C=O) groups is 1. The van der Waals surface area contributed by atoms with Crippen molar-refractivity contribution in [2.75, 3.05) is 45.9 Å². The van der Waals surface area contributed by atoms with Crippen LogP contribution in [0.25, 0.3) is 0 Å². The average molecular weight is 544 g/mol. The van der Waals surface area contributed by atoms with Gasteiger partial charge in [0.2, 0.25) is 0 Å². The smallest absolute Gasteiger partial charge is 0.318 e. The van der Waals surface area contributed by atoms with Gasteiger partial charge in [0.1, 0.15) is 17.4 Å². The molecular weight excluding hydrogens is 507 g/mol. The maximum atomic E-state index is 13.1. The van der Waals surface area contributed by atoms with E-state index in [1.54, 1.807) is 0 Å². The van der Waals surface area contributed by atoms with Gasteiger partial charge in [0.15, 0.2) is 0 Å². The summed E-state index contributed by atoms with van der Waals surface area (Å²) in [4.78, 5) is 18.2. The summed E-state index contributed by atoms with van der Waals surface area (Å²) in [5.74, 6) is 0.830. The lowest BCUT2D eigenvalue weighted by Gasteiger charge is -2.34. The Hall–Kier alpha value is -2.57. The van der Waals surface area contributed by atoms with Crippen molar-refractivity contribution in [3.05, 3.63) is 95.6 Å². The number of ether oxygens (including phenoxy) is 2. The molecule has 37 heavy (non-hydrogen) atoms. The zero-order chi connectivity index (χ0) is 23.9. The van der Waals surface area contributed by atoms with Crippen LogP contribution in [0.1, 0.15) is 35.4 Å². The SMILES string of the molecule is Cl.Cl.O=C(OCCCN1CCN(CCCc2ccccc2)CC1)C1c2ccccc2Oc2ccccc21. The third kappa shape index (κ3) is 7.48. The van der Waals surface area contributed by atoms with Crippen LogP contribution in [0.4, 0.5) is 0 Å². The lowest BCUT2D eigenvalue weighted by atomic mass is 9.88. The average Bonchev–Trinajstić information content (AvgIpc) is 2.91. The van der Waals surface area contributed by atoms with Gasteiger partial charge in [-0.1, -0.05) is 66.7 Å². The molecule has 0 unspecified atom stereocenters. The molecule has 0 aromatic heterocycles. The van der Waals surface area contributed by atoms with Gasteiger partial charge in [-0.2, -0.15) is 0 Å². The molecule has 2 aliphatic heterocycles. The lowest BCUT2D eigenvalue weighted by Crippen LogP contribution is -2.47. The molecule has 0 atom stereocenters. The predicted octanol–water partition coefficient (Wildman–Crippen LogP) is 5.95. The molecule has 5 rings (SSSR count). The maximum absolute atomic E-state index is 13.1. The summed E-state index contributed by atoms with van der Waals surface area (Å²) in [6, 6.07) is 26.2. The third-order valence-corrected chi connectivity index (χ3v) is 7.03. The highest BCUT2D eigenvalue weighted by molar-refractivity contribution is 5.86. The molecule has 0 saturated carbocycles. The number of para-hydroxylation sites is 2. The molecule has 3 aromatic carbocycles. The number of benzene rings is 3. The zero-order valence-electron chi connectivity index (χ0n) is 21.1. The number of carbonyl (C=O) groups excluding carboxylic acids is 1. The number of halogens is 2. The summed E-state index contributed by atoms with van der Waals surface area (Å²) < 4.78 is 11.8. The van der Waals surface area contributed by atoms with Crippen molar-refractivity contribution >= 4 is 30.8 Å². The first-order chi connectivity index (χ1) is 17.3. The van der Waals surface area contributed by atoms with Crippen LogP contribution in [-0.2, 0) is 16.0 Å². The maximum Gasteiger partial charge on any atom is 0.318 e. The molecule has 5 nitrogen and oxygen atoms in total. The van der Waals surface area contributed by atoms with Crippen LogP contribution in [0.5, 0.6) is 11.5 Å². The van der Waals surface area contributed by atoms with Crippen molar-refractivity contribution in [3.63, 3.8) is 0 Å². The van der Waals surface area contributed by atoms with E-state index in [-0.39, 0.29) is 30.8 Å². The Morgan fingerprint density at radius 2 is 1.24 bits per heavy atom. The van der Waals surface area contributed by atoms with E-state index in [0.717, 1.165) is 74.7 Å². The zero-order valence-corrected chi connectivity index (χ0v) is 22.7. The second-order valence-electron chi connectivity index (χ2n) is 9.40. The number of rotatable bonds is 9. The Bertz CT molecular complexity index is 1080. The Labute approximate surface area is 232 Å². The number of hydrogen-bond acceptors (Lipinski definition) is 5. The molecule has 0 bridgehead atoms. The minimum Gasteiger partial charge on any atom is -0.465 e. The Balaban J connectivity index is 0.00000190. The molecule has 0 amide bonds. The first-order valence-electron chi connectivity index (χ1n) is 12.8. The van der Waals surface area contributed by atoms with E-state index in [2.05, 4.69) is 40.1 Å². The number of esters is 1.